The first-order valence-electron chi connectivity index (χ1n) is 8.75. The first-order valence-corrected chi connectivity index (χ1v) is 8.75. The number of ether oxygens (including phenoxy) is 2. The molecular formula is C19H20N2O6. The predicted molar refractivity (Wildman–Crippen MR) is 92.8 cm³/mol. The molecule has 27 heavy (non-hydrogen) atoms. The van der Waals surface area contributed by atoms with Crippen LogP contribution in [0.15, 0.2) is 47.1 Å². The van der Waals surface area contributed by atoms with E-state index in [9.17, 15) is 14.7 Å². The molecule has 0 saturated carbocycles. The number of nitrogens with zero attached hydrogens (tertiary/aromatic N) is 1. The quantitative estimate of drug-likeness (QED) is 0.743. The maximum absolute atomic E-state index is 13.1. The van der Waals surface area contributed by atoms with E-state index in [2.05, 4.69) is 5.32 Å². The molecule has 0 bridgehead atoms. The van der Waals surface area contributed by atoms with Gasteiger partial charge in [-0.2, -0.15) is 0 Å². The Morgan fingerprint density at radius 3 is 2.93 bits per heavy atom. The normalized spacial score (nSPS) is 22.5. The largest absolute Gasteiger partial charge is 0.493 e. The molecule has 2 unspecified atom stereocenters. The van der Waals surface area contributed by atoms with E-state index in [1.54, 1.807) is 30.3 Å². The zero-order chi connectivity index (χ0) is 18.9. The molecule has 2 aromatic rings. The number of hydrogen-bond donors (Lipinski definition) is 2. The molecular weight excluding hydrogens is 352 g/mol. The molecule has 2 atom stereocenters. The Morgan fingerprint density at radius 2 is 2.11 bits per heavy atom. The van der Waals surface area contributed by atoms with Crippen molar-refractivity contribution in [3.05, 3.63) is 54.0 Å². The topological polar surface area (TPSA) is 101 Å². The van der Waals surface area contributed by atoms with Crippen LogP contribution in [0.25, 0.3) is 0 Å². The summed E-state index contributed by atoms with van der Waals surface area (Å²) in [5.41, 5.74) is -0.499. The molecule has 1 aromatic heterocycles. The second-order valence-corrected chi connectivity index (χ2v) is 6.59. The zero-order valence-electron chi connectivity index (χ0n) is 14.6. The molecule has 8 heteroatoms. The number of carbonyl (C=O) groups excluding carboxylic acids is 2. The molecule has 1 aromatic carbocycles. The van der Waals surface area contributed by atoms with E-state index < -0.39 is 17.7 Å². The lowest BCUT2D eigenvalue weighted by Crippen LogP contribution is -2.48. The summed E-state index contributed by atoms with van der Waals surface area (Å²) in [4.78, 5) is 26.6. The van der Waals surface area contributed by atoms with Crippen LogP contribution >= 0.6 is 0 Å². The Balaban J connectivity index is 1.43. The van der Waals surface area contributed by atoms with Gasteiger partial charge in [-0.3, -0.25) is 9.69 Å². The molecule has 142 valence electrons. The SMILES string of the molecule is O=C1NC2(CCOc3ccccc32)C(=O)N1CC(O)COCc1ccco1. The number of benzene rings is 1. The lowest BCUT2D eigenvalue weighted by Gasteiger charge is -2.33. The summed E-state index contributed by atoms with van der Waals surface area (Å²) >= 11 is 0. The molecule has 3 heterocycles. The highest BCUT2D eigenvalue weighted by molar-refractivity contribution is 6.08. The van der Waals surface area contributed by atoms with E-state index in [1.165, 1.54) is 6.26 Å². The predicted octanol–water partition coefficient (Wildman–Crippen LogP) is 1.39. The van der Waals surface area contributed by atoms with Crippen LogP contribution in [-0.2, 0) is 21.7 Å². The smallest absolute Gasteiger partial charge is 0.325 e. The third-order valence-corrected chi connectivity index (χ3v) is 4.79. The number of furan rings is 1. The summed E-state index contributed by atoms with van der Waals surface area (Å²) in [6.07, 6.45) is 0.879. The van der Waals surface area contributed by atoms with Gasteiger partial charge in [-0.25, -0.2) is 4.79 Å². The third kappa shape index (κ3) is 3.17. The molecule has 0 radical (unpaired) electrons. The summed E-state index contributed by atoms with van der Waals surface area (Å²) in [6, 6.07) is 10.1. The molecule has 1 saturated heterocycles. The van der Waals surface area contributed by atoms with Gasteiger partial charge >= 0.3 is 6.03 Å². The number of para-hydroxylation sites is 1. The van der Waals surface area contributed by atoms with Crippen molar-refractivity contribution in [3.63, 3.8) is 0 Å². The minimum atomic E-state index is -1.14. The minimum Gasteiger partial charge on any atom is -0.493 e. The van der Waals surface area contributed by atoms with Gasteiger partial charge in [0.15, 0.2) is 5.54 Å². The lowest BCUT2D eigenvalue weighted by atomic mass is 9.84. The number of aliphatic hydroxyl groups excluding tert-OH is 1. The van der Waals surface area contributed by atoms with Gasteiger partial charge in [0.25, 0.3) is 5.91 Å². The number of rotatable bonds is 6. The summed E-state index contributed by atoms with van der Waals surface area (Å²) in [6.45, 7) is 0.364. The molecule has 2 aliphatic rings. The maximum Gasteiger partial charge on any atom is 0.325 e. The van der Waals surface area contributed by atoms with Crippen LogP contribution in [0, 0.1) is 0 Å². The van der Waals surface area contributed by atoms with Crippen LogP contribution in [0.4, 0.5) is 4.79 Å². The number of nitrogens with one attached hydrogen (secondary N) is 1. The van der Waals surface area contributed by atoms with Gasteiger partial charge in [0.05, 0.1) is 32.1 Å². The van der Waals surface area contributed by atoms with Crippen LogP contribution in [0.5, 0.6) is 5.75 Å². The van der Waals surface area contributed by atoms with Crippen LogP contribution in [0.2, 0.25) is 0 Å². The number of aliphatic hydroxyl groups is 1. The van der Waals surface area contributed by atoms with Crippen LogP contribution in [0.3, 0.4) is 0 Å². The highest BCUT2D eigenvalue weighted by Gasteiger charge is 2.55. The molecule has 1 spiro atoms. The van der Waals surface area contributed by atoms with Crippen LogP contribution in [0.1, 0.15) is 17.7 Å². The molecule has 3 amide bonds. The van der Waals surface area contributed by atoms with E-state index >= 15 is 0 Å². The van der Waals surface area contributed by atoms with Gasteiger partial charge in [-0.05, 0) is 18.2 Å². The van der Waals surface area contributed by atoms with E-state index in [0.29, 0.717) is 30.1 Å². The molecule has 8 nitrogen and oxygen atoms in total. The van der Waals surface area contributed by atoms with Crippen molar-refractivity contribution in [1.82, 2.24) is 10.2 Å². The van der Waals surface area contributed by atoms with Crippen LogP contribution in [-0.4, -0.2) is 47.8 Å². The number of carbonyl (C=O) groups is 2. The molecule has 2 N–H and O–H groups in total. The van der Waals surface area contributed by atoms with E-state index in [4.69, 9.17) is 13.9 Å². The molecule has 2 aliphatic heterocycles. The number of amides is 3. The van der Waals surface area contributed by atoms with Crippen LogP contribution < -0.4 is 10.1 Å². The second kappa shape index (κ2) is 7.05. The summed E-state index contributed by atoms with van der Waals surface area (Å²) in [5, 5.41) is 13.0. The standard InChI is InChI=1S/C19H20N2O6/c22-13(11-25-12-14-4-3-8-26-14)10-21-17(23)19(20-18(21)24)7-9-27-16-6-2-1-5-15(16)19/h1-6,8,13,22H,7,9-12H2,(H,20,24). The fourth-order valence-electron chi connectivity index (χ4n) is 3.49. The van der Waals surface area contributed by atoms with E-state index in [-0.39, 0.29) is 25.7 Å². The van der Waals surface area contributed by atoms with Crippen molar-refractivity contribution in [3.8, 4) is 5.75 Å². The zero-order valence-corrected chi connectivity index (χ0v) is 14.6. The first kappa shape index (κ1) is 17.6. The average Bonchev–Trinajstić information content (AvgIpc) is 3.26. The molecule has 4 rings (SSSR count). The van der Waals surface area contributed by atoms with Gasteiger partial charge in [-0.1, -0.05) is 18.2 Å². The number of imide groups is 1. The molecule has 0 aliphatic carbocycles. The number of β-amino-alcohol motifs (C(OH)–C–C–N with tert-alkyl or cyclic N) is 1. The van der Waals surface area contributed by atoms with Crippen molar-refractivity contribution >= 4 is 11.9 Å². The third-order valence-electron chi connectivity index (χ3n) is 4.79. The highest BCUT2D eigenvalue weighted by atomic mass is 16.5. The fourth-order valence-corrected chi connectivity index (χ4v) is 3.49. The average molecular weight is 372 g/mol. The van der Waals surface area contributed by atoms with E-state index in [0.717, 1.165) is 4.90 Å². The fraction of sp³-hybridized carbons (Fsp3) is 0.368. The van der Waals surface area contributed by atoms with Gasteiger partial charge in [-0.15, -0.1) is 0 Å². The van der Waals surface area contributed by atoms with Crippen molar-refractivity contribution in [1.29, 1.82) is 0 Å². The number of urea groups is 1. The van der Waals surface area contributed by atoms with Gasteiger partial charge in [0.2, 0.25) is 0 Å². The van der Waals surface area contributed by atoms with Crippen molar-refractivity contribution in [2.45, 2.75) is 24.7 Å². The first-order chi connectivity index (χ1) is 13.1. The maximum atomic E-state index is 13.1. The van der Waals surface area contributed by atoms with Crippen molar-refractivity contribution < 1.29 is 28.6 Å². The molecule has 1 fully saturated rings. The summed E-state index contributed by atoms with van der Waals surface area (Å²) in [7, 11) is 0. The van der Waals surface area contributed by atoms with Gasteiger partial charge in [0, 0.05) is 12.0 Å². The Labute approximate surface area is 155 Å². The highest BCUT2D eigenvalue weighted by Crippen LogP contribution is 2.40. The Hall–Kier alpha value is -2.84. The van der Waals surface area contributed by atoms with Crippen molar-refractivity contribution in [2.75, 3.05) is 19.8 Å². The second-order valence-electron chi connectivity index (χ2n) is 6.59. The minimum absolute atomic E-state index is 0.0234. The Kier molecular flexibility index (Phi) is 4.59. The summed E-state index contributed by atoms with van der Waals surface area (Å²) < 4.78 is 16.1. The number of fused-ring (bicyclic) bond motifs is 2. The Bertz CT molecular complexity index is 836. The van der Waals surface area contributed by atoms with E-state index in [1.807, 2.05) is 6.07 Å². The lowest BCUT2D eigenvalue weighted by molar-refractivity contribution is -0.134. The van der Waals surface area contributed by atoms with Gasteiger partial charge in [0.1, 0.15) is 18.1 Å². The summed E-state index contributed by atoms with van der Waals surface area (Å²) in [5.74, 6) is 0.838. The van der Waals surface area contributed by atoms with Crippen molar-refractivity contribution in [2.24, 2.45) is 0 Å². The van der Waals surface area contributed by atoms with Gasteiger partial charge < -0.3 is 24.3 Å². The monoisotopic (exact) mass is 372 g/mol. The number of hydrogen-bond acceptors (Lipinski definition) is 6. The Morgan fingerprint density at radius 1 is 1.26 bits per heavy atom.